The molecule has 0 spiro atoms. The molecule has 5 heteroatoms. The topological polar surface area (TPSA) is 65.7 Å². The lowest BCUT2D eigenvalue weighted by Crippen LogP contribution is -2.08. The SMILES string of the molecule is COC(=O)Cc1cccc2c(=O)c3ccc(OCC=C(C)C)cc3oc12. The summed E-state index contributed by atoms with van der Waals surface area (Å²) >= 11 is 0. The van der Waals surface area contributed by atoms with E-state index in [1.54, 1.807) is 36.4 Å². The van der Waals surface area contributed by atoms with Gasteiger partial charge in [0.05, 0.1) is 24.3 Å². The minimum atomic E-state index is -0.390. The summed E-state index contributed by atoms with van der Waals surface area (Å²) in [6.45, 7) is 4.44. The van der Waals surface area contributed by atoms with Crippen LogP contribution in [0.3, 0.4) is 0 Å². The number of hydrogen-bond donors (Lipinski definition) is 0. The van der Waals surface area contributed by atoms with E-state index in [2.05, 4.69) is 0 Å². The zero-order valence-corrected chi connectivity index (χ0v) is 15.0. The molecule has 0 fully saturated rings. The Morgan fingerprint density at radius 3 is 2.69 bits per heavy atom. The molecule has 0 amide bonds. The van der Waals surface area contributed by atoms with E-state index < -0.39 is 0 Å². The van der Waals surface area contributed by atoms with Crippen molar-refractivity contribution < 1.29 is 18.7 Å². The summed E-state index contributed by atoms with van der Waals surface area (Å²) in [4.78, 5) is 24.4. The predicted octanol–water partition coefficient (Wildman–Crippen LogP) is 4.01. The van der Waals surface area contributed by atoms with E-state index in [-0.39, 0.29) is 17.8 Å². The first-order valence-electron chi connectivity index (χ1n) is 8.31. The first-order chi connectivity index (χ1) is 12.5. The average Bonchev–Trinajstić information content (AvgIpc) is 2.62. The molecule has 0 aliphatic carbocycles. The maximum atomic E-state index is 12.8. The number of esters is 1. The smallest absolute Gasteiger partial charge is 0.310 e. The minimum absolute atomic E-state index is 0.0407. The molecule has 0 radical (unpaired) electrons. The van der Waals surface area contributed by atoms with Gasteiger partial charge in [0, 0.05) is 11.6 Å². The normalized spacial score (nSPS) is 10.7. The number of fused-ring (bicyclic) bond motifs is 2. The number of rotatable bonds is 5. The number of allylic oxidation sites excluding steroid dienone is 1. The fraction of sp³-hybridized carbons (Fsp3) is 0.238. The molecule has 0 bridgehead atoms. The van der Waals surface area contributed by atoms with Gasteiger partial charge in [-0.15, -0.1) is 0 Å². The summed E-state index contributed by atoms with van der Waals surface area (Å²) < 4.78 is 16.4. The number of ether oxygens (including phenoxy) is 2. The molecular weight excluding hydrogens is 332 g/mol. The molecule has 26 heavy (non-hydrogen) atoms. The quantitative estimate of drug-likeness (QED) is 0.394. The third-order valence-corrected chi connectivity index (χ3v) is 4.05. The lowest BCUT2D eigenvalue weighted by Gasteiger charge is -2.08. The highest BCUT2D eigenvalue weighted by atomic mass is 16.5. The van der Waals surface area contributed by atoms with Crippen LogP contribution in [0, 0.1) is 0 Å². The lowest BCUT2D eigenvalue weighted by molar-refractivity contribution is -0.139. The van der Waals surface area contributed by atoms with Crippen molar-refractivity contribution in [3.63, 3.8) is 0 Å². The highest BCUT2D eigenvalue weighted by molar-refractivity contribution is 5.92. The van der Waals surface area contributed by atoms with Crippen molar-refractivity contribution in [3.05, 3.63) is 63.8 Å². The second-order valence-electron chi connectivity index (χ2n) is 6.23. The molecule has 0 aliphatic heterocycles. The zero-order chi connectivity index (χ0) is 18.7. The molecule has 0 saturated heterocycles. The van der Waals surface area contributed by atoms with Gasteiger partial charge < -0.3 is 13.9 Å². The van der Waals surface area contributed by atoms with Crippen LogP contribution in [0.1, 0.15) is 19.4 Å². The predicted molar refractivity (Wildman–Crippen MR) is 101 cm³/mol. The zero-order valence-electron chi connectivity index (χ0n) is 15.0. The molecule has 5 nitrogen and oxygen atoms in total. The van der Waals surface area contributed by atoms with E-state index >= 15 is 0 Å². The summed E-state index contributed by atoms with van der Waals surface area (Å²) in [6, 6.07) is 10.3. The third-order valence-electron chi connectivity index (χ3n) is 4.05. The third kappa shape index (κ3) is 3.61. The lowest BCUT2D eigenvalue weighted by atomic mass is 10.1. The molecule has 0 aliphatic rings. The Morgan fingerprint density at radius 2 is 1.96 bits per heavy atom. The number of carbonyl (C=O) groups excluding carboxylic acids is 1. The number of methoxy groups -OCH3 is 1. The molecular formula is C21H20O5. The Morgan fingerprint density at radius 1 is 1.15 bits per heavy atom. The summed E-state index contributed by atoms with van der Waals surface area (Å²) in [5, 5.41) is 0.916. The van der Waals surface area contributed by atoms with Gasteiger partial charge in [-0.05, 0) is 38.1 Å². The summed E-state index contributed by atoms with van der Waals surface area (Å²) in [5.74, 6) is 0.224. The first kappa shape index (κ1) is 17.7. The maximum Gasteiger partial charge on any atom is 0.310 e. The van der Waals surface area contributed by atoms with Crippen molar-refractivity contribution in [1.82, 2.24) is 0 Å². The number of hydrogen-bond acceptors (Lipinski definition) is 5. The molecule has 1 heterocycles. The van der Waals surface area contributed by atoms with Gasteiger partial charge in [0.2, 0.25) is 5.43 Å². The van der Waals surface area contributed by atoms with Crippen molar-refractivity contribution in [2.24, 2.45) is 0 Å². The average molecular weight is 352 g/mol. The van der Waals surface area contributed by atoms with Crippen LogP contribution < -0.4 is 10.2 Å². The van der Waals surface area contributed by atoms with E-state index in [1.165, 1.54) is 7.11 Å². The minimum Gasteiger partial charge on any atom is -0.489 e. The Labute approximate surface area is 150 Å². The molecule has 1 aromatic heterocycles. The second kappa shape index (κ2) is 7.44. The van der Waals surface area contributed by atoms with Crippen LogP contribution in [-0.2, 0) is 16.0 Å². The largest absolute Gasteiger partial charge is 0.489 e. The second-order valence-corrected chi connectivity index (χ2v) is 6.23. The monoisotopic (exact) mass is 352 g/mol. The Hall–Kier alpha value is -3.08. The standard InChI is InChI=1S/C21H20O5/c1-13(2)9-10-25-15-7-8-16-18(12-15)26-21-14(11-19(22)24-3)5-4-6-17(21)20(16)23/h4-9,12H,10-11H2,1-3H3. The molecule has 3 aromatic rings. The summed E-state index contributed by atoms with van der Waals surface area (Å²) in [6.07, 6.45) is 2.01. The van der Waals surface area contributed by atoms with Crippen LogP contribution in [0.2, 0.25) is 0 Å². The van der Waals surface area contributed by atoms with Crippen LogP contribution in [0.4, 0.5) is 0 Å². The molecule has 2 aromatic carbocycles. The Balaban J connectivity index is 2.10. The van der Waals surface area contributed by atoms with Crippen molar-refractivity contribution in [2.75, 3.05) is 13.7 Å². The van der Waals surface area contributed by atoms with E-state index in [4.69, 9.17) is 13.9 Å². The highest BCUT2D eigenvalue weighted by Gasteiger charge is 2.14. The van der Waals surface area contributed by atoms with Crippen molar-refractivity contribution in [1.29, 1.82) is 0 Å². The van der Waals surface area contributed by atoms with Crippen LogP contribution >= 0.6 is 0 Å². The van der Waals surface area contributed by atoms with Crippen molar-refractivity contribution in [2.45, 2.75) is 20.3 Å². The molecule has 0 atom stereocenters. The fourth-order valence-corrected chi connectivity index (χ4v) is 2.68. The fourth-order valence-electron chi connectivity index (χ4n) is 2.68. The van der Waals surface area contributed by atoms with Gasteiger partial charge in [0.1, 0.15) is 23.5 Å². The highest BCUT2D eigenvalue weighted by Crippen LogP contribution is 2.25. The number of para-hydroxylation sites is 1. The summed E-state index contributed by atoms with van der Waals surface area (Å²) in [7, 11) is 1.33. The molecule has 3 rings (SSSR count). The van der Waals surface area contributed by atoms with Crippen LogP contribution in [-0.4, -0.2) is 19.7 Å². The van der Waals surface area contributed by atoms with Crippen molar-refractivity contribution >= 4 is 27.9 Å². The van der Waals surface area contributed by atoms with Crippen LogP contribution in [0.5, 0.6) is 5.75 Å². The molecule has 134 valence electrons. The van der Waals surface area contributed by atoms with Gasteiger partial charge in [-0.3, -0.25) is 9.59 Å². The number of benzene rings is 2. The van der Waals surface area contributed by atoms with Gasteiger partial charge in [0.15, 0.2) is 0 Å². The van der Waals surface area contributed by atoms with Gasteiger partial charge >= 0.3 is 5.97 Å². The van der Waals surface area contributed by atoms with Crippen LogP contribution in [0.15, 0.2) is 57.3 Å². The maximum absolute atomic E-state index is 12.8. The van der Waals surface area contributed by atoms with Gasteiger partial charge in [-0.2, -0.15) is 0 Å². The molecule has 0 saturated carbocycles. The van der Waals surface area contributed by atoms with E-state index in [0.717, 1.165) is 5.57 Å². The Bertz CT molecular complexity index is 1060. The van der Waals surface area contributed by atoms with E-state index in [9.17, 15) is 9.59 Å². The molecule has 0 N–H and O–H groups in total. The van der Waals surface area contributed by atoms with E-state index in [0.29, 0.717) is 39.9 Å². The first-order valence-corrected chi connectivity index (χ1v) is 8.31. The van der Waals surface area contributed by atoms with Crippen molar-refractivity contribution in [3.8, 4) is 5.75 Å². The van der Waals surface area contributed by atoms with E-state index in [1.807, 2.05) is 19.9 Å². The molecule has 0 unspecified atom stereocenters. The summed E-state index contributed by atoms with van der Waals surface area (Å²) in [5.41, 5.74) is 2.47. The van der Waals surface area contributed by atoms with Gasteiger partial charge in [-0.25, -0.2) is 0 Å². The van der Waals surface area contributed by atoms with Gasteiger partial charge in [-0.1, -0.05) is 17.7 Å². The number of carbonyl (C=O) groups is 1. The Kier molecular flexibility index (Phi) is 5.07. The van der Waals surface area contributed by atoms with Crippen LogP contribution in [0.25, 0.3) is 21.9 Å². The van der Waals surface area contributed by atoms with Gasteiger partial charge in [0.25, 0.3) is 0 Å².